The quantitative estimate of drug-likeness (QED) is 0.945. The number of carbonyl (C=O) groups is 1. The fourth-order valence-corrected chi connectivity index (χ4v) is 3.80. The van der Waals surface area contributed by atoms with E-state index >= 15 is 0 Å². The fourth-order valence-electron chi connectivity index (χ4n) is 2.84. The van der Waals surface area contributed by atoms with Gasteiger partial charge in [0.2, 0.25) is 5.91 Å². The summed E-state index contributed by atoms with van der Waals surface area (Å²) >= 11 is 1.72. The summed E-state index contributed by atoms with van der Waals surface area (Å²) in [5.41, 5.74) is 3.68. The van der Waals surface area contributed by atoms with Crippen LogP contribution in [0.25, 0.3) is 0 Å². The van der Waals surface area contributed by atoms with Gasteiger partial charge in [-0.2, -0.15) is 0 Å². The van der Waals surface area contributed by atoms with Crippen molar-refractivity contribution in [3.63, 3.8) is 0 Å². The Morgan fingerprint density at radius 3 is 2.95 bits per heavy atom. The van der Waals surface area contributed by atoms with Gasteiger partial charge in [0.25, 0.3) is 0 Å². The normalized spacial score (nSPS) is 17.3. The van der Waals surface area contributed by atoms with Gasteiger partial charge in [0, 0.05) is 25.0 Å². The number of likely N-dealkylation sites (N-methyl/N-ethyl adjacent to an activating group) is 1. The summed E-state index contributed by atoms with van der Waals surface area (Å²) in [4.78, 5) is 15.9. The first-order chi connectivity index (χ1) is 10.2. The van der Waals surface area contributed by atoms with E-state index in [4.69, 9.17) is 0 Å². The smallest absolute Gasteiger partial charge is 0.231 e. The van der Waals surface area contributed by atoms with Crippen LogP contribution in [0.2, 0.25) is 0 Å². The largest absolute Gasteiger partial charge is 0.340 e. The molecule has 0 aliphatic carbocycles. The number of aryl methyl sites for hydroxylation is 1. The van der Waals surface area contributed by atoms with Crippen molar-refractivity contribution in [1.82, 2.24) is 10.2 Å². The third kappa shape index (κ3) is 2.87. The van der Waals surface area contributed by atoms with E-state index in [2.05, 4.69) is 35.8 Å². The van der Waals surface area contributed by atoms with Gasteiger partial charge in [-0.05, 0) is 35.1 Å². The zero-order valence-electron chi connectivity index (χ0n) is 12.4. The standard InChI is InChI=1S/C17H20N2OS/c1-12-7-8-21-16(12)11-19(2)17(20)15-10-18-9-13-5-3-4-6-14(13)15/h3-8,15,18H,9-11H2,1-2H3. The average Bonchev–Trinajstić information content (AvgIpc) is 2.91. The summed E-state index contributed by atoms with van der Waals surface area (Å²) in [5, 5.41) is 5.44. The Morgan fingerprint density at radius 2 is 2.19 bits per heavy atom. The Bertz CT molecular complexity index is 650. The molecule has 1 aliphatic rings. The summed E-state index contributed by atoms with van der Waals surface area (Å²) in [6.45, 7) is 4.37. The third-order valence-electron chi connectivity index (χ3n) is 4.12. The number of nitrogens with one attached hydrogen (secondary N) is 1. The van der Waals surface area contributed by atoms with Crippen molar-refractivity contribution >= 4 is 17.2 Å². The molecule has 1 aromatic carbocycles. The molecule has 0 saturated carbocycles. The van der Waals surface area contributed by atoms with Crippen LogP contribution in [0.3, 0.4) is 0 Å². The summed E-state index contributed by atoms with van der Waals surface area (Å²) < 4.78 is 0. The molecule has 1 aromatic heterocycles. The molecular weight excluding hydrogens is 280 g/mol. The third-order valence-corrected chi connectivity index (χ3v) is 5.13. The number of carbonyl (C=O) groups excluding carboxylic acids is 1. The van der Waals surface area contributed by atoms with Crippen LogP contribution in [0.15, 0.2) is 35.7 Å². The summed E-state index contributed by atoms with van der Waals surface area (Å²) in [6, 6.07) is 10.4. The Morgan fingerprint density at radius 1 is 1.38 bits per heavy atom. The van der Waals surface area contributed by atoms with Gasteiger partial charge in [-0.1, -0.05) is 24.3 Å². The van der Waals surface area contributed by atoms with Gasteiger partial charge in [0.15, 0.2) is 0 Å². The molecule has 3 rings (SSSR count). The molecule has 1 aliphatic heterocycles. The molecular formula is C17H20N2OS. The van der Waals surface area contributed by atoms with Crippen molar-refractivity contribution in [3.05, 3.63) is 57.3 Å². The molecule has 0 fully saturated rings. The predicted molar refractivity (Wildman–Crippen MR) is 86.4 cm³/mol. The number of nitrogens with zero attached hydrogens (tertiary/aromatic N) is 1. The maximum atomic E-state index is 12.8. The molecule has 3 nitrogen and oxygen atoms in total. The molecule has 1 atom stereocenters. The van der Waals surface area contributed by atoms with Gasteiger partial charge >= 0.3 is 0 Å². The molecule has 110 valence electrons. The molecule has 2 aromatic rings. The van der Waals surface area contributed by atoms with E-state index in [-0.39, 0.29) is 11.8 Å². The molecule has 1 N–H and O–H groups in total. The van der Waals surface area contributed by atoms with Crippen molar-refractivity contribution in [1.29, 1.82) is 0 Å². The Balaban J connectivity index is 1.78. The second-order valence-corrected chi connectivity index (χ2v) is 6.60. The SMILES string of the molecule is Cc1ccsc1CN(C)C(=O)C1CNCc2ccccc21. The highest BCUT2D eigenvalue weighted by molar-refractivity contribution is 7.10. The van der Waals surface area contributed by atoms with Crippen molar-refractivity contribution < 1.29 is 4.79 Å². The van der Waals surface area contributed by atoms with Crippen molar-refractivity contribution in [2.45, 2.75) is 25.9 Å². The van der Waals surface area contributed by atoms with E-state index in [1.165, 1.54) is 21.6 Å². The summed E-state index contributed by atoms with van der Waals surface area (Å²) in [5.74, 6) is 0.127. The highest BCUT2D eigenvalue weighted by Crippen LogP contribution is 2.26. The van der Waals surface area contributed by atoms with Gasteiger partial charge < -0.3 is 10.2 Å². The monoisotopic (exact) mass is 300 g/mol. The van der Waals surface area contributed by atoms with Crippen LogP contribution in [0.5, 0.6) is 0 Å². The zero-order chi connectivity index (χ0) is 14.8. The molecule has 4 heteroatoms. The highest BCUT2D eigenvalue weighted by Gasteiger charge is 2.28. The molecule has 0 spiro atoms. The van der Waals surface area contributed by atoms with Gasteiger partial charge in [0.1, 0.15) is 0 Å². The lowest BCUT2D eigenvalue weighted by atomic mass is 9.90. The Hall–Kier alpha value is -1.65. The van der Waals surface area contributed by atoms with Crippen LogP contribution in [-0.4, -0.2) is 24.4 Å². The second-order valence-electron chi connectivity index (χ2n) is 5.60. The van der Waals surface area contributed by atoms with Crippen LogP contribution >= 0.6 is 11.3 Å². The Labute approximate surface area is 129 Å². The van der Waals surface area contributed by atoms with E-state index in [1.54, 1.807) is 11.3 Å². The molecule has 0 radical (unpaired) electrons. The first-order valence-electron chi connectivity index (χ1n) is 7.23. The average molecular weight is 300 g/mol. The molecule has 2 heterocycles. The van der Waals surface area contributed by atoms with E-state index in [9.17, 15) is 4.79 Å². The van der Waals surface area contributed by atoms with Crippen LogP contribution in [0.4, 0.5) is 0 Å². The molecule has 1 unspecified atom stereocenters. The summed E-state index contributed by atoms with van der Waals surface area (Å²) in [6.07, 6.45) is 0. The minimum Gasteiger partial charge on any atom is -0.340 e. The molecule has 0 bridgehead atoms. The van der Waals surface area contributed by atoms with E-state index in [1.807, 2.05) is 24.1 Å². The Kier molecular flexibility index (Phi) is 4.08. The molecule has 21 heavy (non-hydrogen) atoms. The van der Waals surface area contributed by atoms with Crippen LogP contribution in [0, 0.1) is 6.92 Å². The number of rotatable bonds is 3. The maximum absolute atomic E-state index is 12.8. The van der Waals surface area contributed by atoms with Crippen LogP contribution in [-0.2, 0) is 17.9 Å². The highest BCUT2D eigenvalue weighted by atomic mass is 32.1. The number of fused-ring (bicyclic) bond motifs is 1. The first kappa shape index (κ1) is 14.3. The lowest BCUT2D eigenvalue weighted by Gasteiger charge is -2.29. The van der Waals surface area contributed by atoms with Crippen LogP contribution < -0.4 is 5.32 Å². The van der Waals surface area contributed by atoms with E-state index < -0.39 is 0 Å². The minimum absolute atomic E-state index is 0.0692. The van der Waals surface area contributed by atoms with Crippen molar-refractivity contribution in [2.24, 2.45) is 0 Å². The van der Waals surface area contributed by atoms with Crippen LogP contribution in [0.1, 0.15) is 27.5 Å². The van der Waals surface area contributed by atoms with Gasteiger partial charge in [-0.15, -0.1) is 11.3 Å². The topological polar surface area (TPSA) is 32.3 Å². The van der Waals surface area contributed by atoms with E-state index in [0.29, 0.717) is 6.54 Å². The number of amides is 1. The molecule has 1 amide bonds. The minimum atomic E-state index is -0.0692. The number of benzene rings is 1. The number of hydrogen-bond donors (Lipinski definition) is 1. The molecule has 0 saturated heterocycles. The van der Waals surface area contributed by atoms with Gasteiger partial charge in [-0.25, -0.2) is 0 Å². The van der Waals surface area contributed by atoms with Gasteiger partial charge in [-0.3, -0.25) is 4.79 Å². The number of hydrogen-bond acceptors (Lipinski definition) is 3. The number of thiophene rings is 1. The fraction of sp³-hybridized carbons (Fsp3) is 0.353. The lowest BCUT2D eigenvalue weighted by Crippen LogP contribution is -2.39. The zero-order valence-corrected chi connectivity index (χ0v) is 13.2. The predicted octanol–water partition coefficient (Wildman–Crippen LogP) is 2.90. The maximum Gasteiger partial charge on any atom is 0.231 e. The van der Waals surface area contributed by atoms with Gasteiger partial charge in [0.05, 0.1) is 12.5 Å². The van der Waals surface area contributed by atoms with Crippen molar-refractivity contribution in [3.8, 4) is 0 Å². The van der Waals surface area contributed by atoms with Crippen molar-refractivity contribution in [2.75, 3.05) is 13.6 Å². The second kappa shape index (κ2) is 6.00. The lowest BCUT2D eigenvalue weighted by molar-refractivity contribution is -0.132. The first-order valence-corrected chi connectivity index (χ1v) is 8.11. The summed E-state index contributed by atoms with van der Waals surface area (Å²) in [7, 11) is 1.90. The van der Waals surface area contributed by atoms with E-state index in [0.717, 1.165) is 13.1 Å².